The minimum atomic E-state index is -3.19. The molecule has 0 aliphatic carbocycles. The largest absolute Gasteiger partial charge is 0.310 e. The summed E-state index contributed by atoms with van der Waals surface area (Å²) in [5.41, 5.74) is 4.62. The van der Waals surface area contributed by atoms with Crippen molar-refractivity contribution in [2.75, 3.05) is 0 Å². The first-order valence-electron chi connectivity index (χ1n) is 8.91. The van der Waals surface area contributed by atoms with E-state index in [-0.39, 0.29) is 0 Å². The fourth-order valence-corrected chi connectivity index (χ4v) is 7.29. The summed E-state index contributed by atoms with van der Waals surface area (Å²) < 4.78 is 27.7. The van der Waals surface area contributed by atoms with Gasteiger partial charge in [-0.3, -0.25) is 0 Å². The van der Waals surface area contributed by atoms with Crippen LogP contribution in [0.3, 0.4) is 0 Å². The molecule has 136 valence electrons. The summed E-state index contributed by atoms with van der Waals surface area (Å²) in [4.78, 5) is 0. The summed E-state index contributed by atoms with van der Waals surface area (Å²) >= 11 is 0. The van der Waals surface area contributed by atoms with Crippen LogP contribution in [0.15, 0.2) is 102 Å². The third-order valence-corrected chi connectivity index (χ3v) is 9.19. The summed E-state index contributed by atoms with van der Waals surface area (Å²) in [7, 11) is -6.23. The zero-order valence-electron chi connectivity index (χ0n) is 15.1. The van der Waals surface area contributed by atoms with Gasteiger partial charge in [-0.2, -0.15) is 0 Å². The van der Waals surface area contributed by atoms with Crippen molar-refractivity contribution >= 4 is 31.0 Å². The Morgan fingerprint density at radius 2 is 1.21 bits per heavy atom. The van der Waals surface area contributed by atoms with Crippen molar-refractivity contribution in [3.8, 4) is 11.6 Å². The molecule has 2 atom stereocenters. The van der Waals surface area contributed by atoms with E-state index in [4.69, 9.17) is 0 Å². The summed E-state index contributed by atoms with van der Waals surface area (Å²) in [5, 5.41) is 1.34. The number of fused-ring (bicyclic) bond motifs is 1. The summed E-state index contributed by atoms with van der Waals surface area (Å²) in [5.74, 6) is 7.96. The van der Waals surface area contributed by atoms with Crippen LogP contribution in [0, 0.1) is 11.6 Å². The van der Waals surface area contributed by atoms with Crippen LogP contribution in [0.1, 0.15) is 11.1 Å². The predicted molar refractivity (Wildman–Crippen MR) is 119 cm³/mol. The maximum Gasteiger partial charge on any atom is 0.204 e. The fraction of sp³-hybridized carbons (Fsp3) is 0. The zero-order chi connectivity index (χ0) is 19.5. The van der Waals surface area contributed by atoms with Crippen molar-refractivity contribution in [2.45, 2.75) is 0 Å². The van der Waals surface area contributed by atoms with E-state index < -0.39 is 14.3 Å². The van der Waals surface area contributed by atoms with Gasteiger partial charge in [0.15, 0.2) is 7.14 Å². The lowest BCUT2D eigenvalue weighted by molar-refractivity contribution is 0.590. The van der Waals surface area contributed by atoms with Crippen molar-refractivity contribution in [1.82, 2.24) is 0 Å². The highest BCUT2D eigenvalue weighted by atomic mass is 31.2. The Morgan fingerprint density at radius 3 is 1.93 bits per heavy atom. The Bertz CT molecular complexity index is 1210. The third-order valence-electron chi connectivity index (χ3n) is 4.59. The fourth-order valence-electron chi connectivity index (χ4n) is 3.00. The van der Waals surface area contributed by atoms with E-state index in [1.165, 1.54) is 0 Å². The zero-order valence-corrected chi connectivity index (χ0v) is 16.9. The highest BCUT2D eigenvalue weighted by Gasteiger charge is 2.24. The van der Waals surface area contributed by atoms with E-state index in [1.807, 2.05) is 78.9 Å². The molecule has 3 aromatic rings. The molecule has 2 unspecified atom stereocenters. The molecule has 0 bridgehead atoms. The molecule has 1 aliphatic heterocycles. The Morgan fingerprint density at radius 1 is 0.607 bits per heavy atom. The van der Waals surface area contributed by atoms with Gasteiger partial charge in [0.25, 0.3) is 0 Å². The van der Waals surface area contributed by atoms with Crippen LogP contribution in [-0.4, -0.2) is 0 Å². The molecule has 0 saturated carbocycles. The standard InChI is InChI=1S/C24H18O2P2/c25-27(23-11-3-1-4-12-23)17-15-21-9-7-8-10-22(21)16-18-28(26,20-19-27)24-13-5-2-6-14-24/h1-15,17,19-20H/b17-15+,20-19?. The quantitative estimate of drug-likeness (QED) is 0.401. The van der Waals surface area contributed by atoms with Gasteiger partial charge in [0.05, 0.1) is 0 Å². The molecular weight excluding hydrogens is 382 g/mol. The molecule has 2 nitrogen and oxygen atoms in total. The molecule has 0 saturated heterocycles. The lowest BCUT2D eigenvalue weighted by Gasteiger charge is -2.14. The minimum Gasteiger partial charge on any atom is -0.310 e. The first kappa shape index (κ1) is 18.5. The molecule has 4 rings (SSSR count). The molecule has 3 aromatic carbocycles. The Labute approximate surface area is 165 Å². The Kier molecular flexibility index (Phi) is 5.06. The van der Waals surface area contributed by atoms with Crippen molar-refractivity contribution in [2.24, 2.45) is 0 Å². The van der Waals surface area contributed by atoms with Crippen molar-refractivity contribution < 1.29 is 9.13 Å². The first-order chi connectivity index (χ1) is 13.6. The first-order valence-corrected chi connectivity index (χ1v) is 12.5. The molecule has 1 heterocycles. The van der Waals surface area contributed by atoms with Crippen LogP contribution in [-0.2, 0) is 9.13 Å². The Balaban J connectivity index is 1.97. The monoisotopic (exact) mass is 400 g/mol. The molecule has 0 amide bonds. The highest BCUT2D eigenvalue weighted by molar-refractivity contribution is 7.81. The van der Waals surface area contributed by atoms with E-state index in [2.05, 4.69) is 11.6 Å². The van der Waals surface area contributed by atoms with Gasteiger partial charge in [-0.1, -0.05) is 84.8 Å². The van der Waals surface area contributed by atoms with Gasteiger partial charge in [-0.15, -0.1) is 0 Å². The van der Waals surface area contributed by atoms with E-state index >= 15 is 0 Å². The summed E-state index contributed by atoms with van der Waals surface area (Å²) in [6, 6.07) is 26.1. The molecule has 0 aromatic heterocycles. The summed E-state index contributed by atoms with van der Waals surface area (Å²) in [6.45, 7) is 0. The highest BCUT2D eigenvalue weighted by Crippen LogP contribution is 2.54. The molecule has 0 spiro atoms. The maximum absolute atomic E-state index is 13.9. The van der Waals surface area contributed by atoms with Crippen LogP contribution < -0.4 is 10.6 Å². The van der Waals surface area contributed by atoms with Gasteiger partial charge in [0, 0.05) is 16.2 Å². The second-order valence-electron chi connectivity index (χ2n) is 6.48. The molecule has 0 N–H and O–H groups in total. The van der Waals surface area contributed by atoms with Crippen molar-refractivity contribution in [1.29, 1.82) is 0 Å². The van der Waals surface area contributed by atoms with Gasteiger partial charge in [-0.05, 0) is 40.8 Å². The van der Waals surface area contributed by atoms with Gasteiger partial charge >= 0.3 is 0 Å². The van der Waals surface area contributed by atoms with E-state index in [0.29, 0.717) is 10.6 Å². The van der Waals surface area contributed by atoms with Gasteiger partial charge < -0.3 is 9.13 Å². The smallest absolute Gasteiger partial charge is 0.204 e. The normalized spacial score (nSPS) is 24.4. The number of hydrogen-bond donors (Lipinski definition) is 0. The van der Waals surface area contributed by atoms with E-state index in [1.54, 1.807) is 29.6 Å². The second-order valence-corrected chi connectivity index (χ2v) is 11.4. The van der Waals surface area contributed by atoms with Crippen LogP contribution >= 0.6 is 14.3 Å². The number of benzene rings is 3. The van der Waals surface area contributed by atoms with Crippen LogP contribution in [0.4, 0.5) is 0 Å². The van der Waals surface area contributed by atoms with Crippen LogP contribution in [0.25, 0.3) is 6.08 Å². The van der Waals surface area contributed by atoms with E-state index in [9.17, 15) is 9.13 Å². The van der Waals surface area contributed by atoms with Gasteiger partial charge in [-0.25, -0.2) is 0 Å². The van der Waals surface area contributed by atoms with E-state index in [0.717, 1.165) is 11.1 Å². The third kappa shape index (κ3) is 3.74. The Hall–Kier alpha value is -2.84. The molecular formula is C24H18O2P2. The number of rotatable bonds is 2. The molecule has 4 heteroatoms. The lowest BCUT2D eigenvalue weighted by Crippen LogP contribution is -2.03. The predicted octanol–water partition coefficient (Wildman–Crippen LogP) is 5.83. The lowest BCUT2D eigenvalue weighted by atomic mass is 10.1. The molecule has 1 aliphatic rings. The maximum atomic E-state index is 13.9. The average molecular weight is 400 g/mol. The average Bonchev–Trinajstić information content (AvgIpc) is 2.76. The van der Waals surface area contributed by atoms with Gasteiger partial charge in [0.1, 0.15) is 0 Å². The van der Waals surface area contributed by atoms with Crippen LogP contribution in [0.2, 0.25) is 0 Å². The van der Waals surface area contributed by atoms with Crippen molar-refractivity contribution in [3.05, 3.63) is 114 Å². The summed E-state index contributed by atoms with van der Waals surface area (Å²) in [6.07, 6.45) is 1.85. The minimum absolute atomic E-state index is 0.639. The second kappa shape index (κ2) is 7.65. The van der Waals surface area contributed by atoms with Gasteiger partial charge in [0.2, 0.25) is 7.14 Å². The van der Waals surface area contributed by atoms with Crippen molar-refractivity contribution in [3.63, 3.8) is 0 Å². The molecule has 28 heavy (non-hydrogen) atoms. The number of hydrogen-bond acceptors (Lipinski definition) is 2. The van der Waals surface area contributed by atoms with Crippen LogP contribution in [0.5, 0.6) is 0 Å². The molecule has 0 radical (unpaired) electrons. The topological polar surface area (TPSA) is 34.1 Å². The molecule has 0 fully saturated rings. The SMILES string of the molecule is O=P1(c2ccccc2)C#Cc2ccccc2/C=C/P(=O)(c2ccccc2)C=C1.